The number of rotatable bonds is 3. The Hall–Kier alpha value is -4.30. The average molecular weight is 411 g/mol. The van der Waals surface area contributed by atoms with Gasteiger partial charge < -0.3 is 10.3 Å². The molecule has 0 saturated heterocycles. The lowest BCUT2D eigenvalue weighted by atomic mass is 9.92. The smallest absolute Gasteiger partial charge is 0.0562 e. The van der Waals surface area contributed by atoms with Gasteiger partial charge in [-0.3, -0.25) is 0 Å². The molecule has 0 amide bonds. The number of nitrogens with two attached hydrogens (primary N) is 1. The molecular weight excluding hydrogens is 388 g/mol. The van der Waals surface area contributed by atoms with Gasteiger partial charge in [0.05, 0.1) is 11.0 Å². The molecule has 2 nitrogen and oxygen atoms in total. The zero-order valence-corrected chi connectivity index (χ0v) is 17.6. The fourth-order valence-electron chi connectivity index (χ4n) is 4.71. The summed E-state index contributed by atoms with van der Waals surface area (Å²) in [5.74, 6) is 0. The topological polar surface area (TPSA) is 30.9 Å². The highest BCUT2D eigenvalue weighted by Gasteiger charge is 2.16. The first-order valence-corrected chi connectivity index (χ1v) is 10.8. The summed E-state index contributed by atoms with van der Waals surface area (Å²) in [6.45, 7) is 0. The van der Waals surface area contributed by atoms with E-state index >= 15 is 0 Å². The largest absolute Gasteiger partial charge is 0.398 e. The molecule has 1 aromatic heterocycles. The SMILES string of the molecule is Nc1cc2c(cc1-c1ccccc1-c1ccccc1)c1ccccc1n2-c1ccccc1. The minimum Gasteiger partial charge on any atom is -0.398 e. The summed E-state index contributed by atoms with van der Waals surface area (Å²) in [5.41, 5.74) is 15.5. The van der Waals surface area contributed by atoms with Crippen LogP contribution in [0.25, 0.3) is 49.7 Å². The summed E-state index contributed by atoms with van der Waals surface area (Å²) in [6, 6.07) is 42.4. The van der Waals surface area contributed by atoms with E-state index in [1.807, 2.05) is 12.1 Å². The van der Waals surface area contributed by atoms with Crippen LogP contribution in [0.1, 0.15) is 0 Å². The second-order valence-corrected chi connectivity index (χ2v) is 8.06. The number of fused-ring (bicyclic) bond motifs is 3. The van der Waals surface area contributed by atoms with Gasteiger partial charge >= 0.3 is 0 Å². The van der Waals surface area contributed by atoms with Crippen LogP contribution in [0.2, 0.25) is 0 Å². The molecular formula is C30H22N2. The quantitative estimate of drug-likeness (QED) is 0.298. The van der Waals surface area contributed by atoms with E-state index in [-0.39, 0.29) is 0 Å². The van der Waals surface area contributed by atoms with Crippen LogP contribution < -0.4 is 5.73 Å². The second-order valence-electron chi connectivity index (χ2n) is 8.06. The van der Waals surface area contributed by atoms with Crippen molar-refractivity contribution in [1.82, 2.24) is 4.57 Å². The molecule has 0 aliphatic heterocycles. The van der Waals surface area contributed by atoms with Gasteiger partial charge in [0, 0.05) is 27.7 Å². The molecule has 0 spiro atoms. The highest BCUT2D eigenvalue weighted by molar-refractivity contribution is 6.12. The fourth-order valence-corrected chi connectivity index (χ4v) is 4.71. The van der Waals surface area contributed by atoms with E-state index < -0.39 is 0 Å². The normalized spacial score (nSPS) is 11.2. The van der Waals surface area contributed by atoms with Gasteiger partial charge in [-0.05, 0) is 47.0 Å². The van der Waals surface area contributed by atoms with Crippen molar-refractivity contribution in [2.45, 2.75) is 0 Å². The molecule has 152 valence electrons. The molecule has 2 heteroatoms. The highest BCUT2D eigenvalue weighted by Crippen LogP contribution is 2.40. The number of anilines is 1. The molecule has 5 aromatic carbocycles. The first-order chi connectivity index (χ1) is 15.8. The molecule has 0 unspecified atom stereocenters. The molecule has 6 rings (SSSR count). The van der Waals surface area contributed by atoms with E-state index in [2.05, 4.69) is 114 Å². The van der Waals surface area contributed by atoms with Crippen molar-refractivity contribution in [1.29, 1.82) is 0 Å². The van der Waals surface area contributed by atoms with Crippen LogP contribution in [0.15, 0.2) is 121 Å². The third kappa shape index (κ3) is 2.89. The molecule has 6 aromatic rings. The van der Waals surface area contributed by atoms with Gasteiger partial charge in [0.1, 0.15) is 0 Å². The summed E-state index contributed by atoms with van der Waals surface area (Å²) in [5, 5.41) is 2.43. The average Bonchev–Trinajstić information content (AvgIpc) is 3.17. The van der Waals surface area contributed by atoms with Crippen LogP contribution in [0, 0.1) is 0 Å². The zero-order valence-electron chi connectivity index (χ0n) is 17.6. The molecule has 1 heterocycles. The van der Waals surface area contributed by atoms with Gasteiger partial charge in [0.25, 0.3) is 0 Å². The van der Waals surface area contributed by atoms with Crippen molar-refractivity contribution in [2.24, 2.45) is 0 Å². The third-order valence-electron chi connectivity index (χ3n) is 6.16. The maximum absolute atomic E-state index is 6.72. The summed E-state index contributed by atoms with van der Waals surface area (Å²) >= 11 is 0. The summed E-state index contributed by atoms with van der Waals surface area (Å²) in [7, 11) is 0. The summed E-state index contributed by atoms with van der Waals surface area (Å²) < 4.78 is 2.30. The molecule has 0 fully saturated rings. The van der Waals surface area contributed by atoms with Crippen LogP contribution >= 0.6 is 0 Å². The number of hydrogen-bond acceptors (Lipinski definition) is 1. The van der Waals surface area contributed by atoms with Crippen LogP contribution in [0.5, 0.6) is 0 Å². The lowest BCUT2D eigenvalue weighted by molar-refractivity contribution is 1.18. The van der Waals surface area contributed by atoms with Crippen molar-refractivity contribution in [3.63, 3.8) is 0 Å². The van der Waals surface area contributed by atoms with Gasteiger partial charge in [0.15, 0.2) is 0 Å². The van der Waals surface area contributed by atoms with Crippen molar-refractivity contribution >= 4 is 27.5 Å². The molecule has 0 bridgehead atoms. The third-order valence-corrected chi connectivity index (χ3v) is 6.16. The van der Waals surface area contributed by atoms with Crippen LogP contribution in [-0.2, 0) is 0 Å². The molecule has 0 atom stereocenters. The molecule has 0 aliphatic carbocycles. The lowest BCUT2D eigenvalue weighted by Crippen LogP contribution is -1.96. The van der Waals surface area contributed by atoms with E-state index in [0.717, 1.165) is 28.0 Å². The van der Waals surface area contributed by atoms with Gasteiger partial charge in [0.2, 0.25) is 0 Å². The Bertz CT molecular complexity index is 1560. The standard InChI is InChI=1S/C30H22N2/c31-28-20-30-27(25-17-9-10-18-29(25)32(30)22-13-5-2-6-14-22)19-26(28)24-16-8-7-15-23(24)21-11-3-1-4-12-21/h1-20H,31H2. The Balaban J connectivity index is 1.67. The number of nitrogen functional groups attached to an aromatic ring is 1. The van der Waals surface area contributed by atoms with E-state index in [1.54, 1.807) is 0 Å². The Labute approximate surface area is 187 Å². The summed E-state index contributed by atoms with van der Waals surface area (Å²) in [6.07, 6.45) is 0. The Morgan fingerprint density at radius 2 is 1.09 bits per heavy atom. The molecule has 32 heavy (non-hydrogen) atoms. The zero-order chi connectivity index (χ0) is 21.5. The van der Waals surface area contributed by atoms with Gasteiger partial charge in [-0.15, -0.1) is 0 Å². The van der Waals surface area contributed by atoms with E-state index in [0.29, 0.717) is 0 Å². The number of nitrogens with zero attached hydrogens (tertiary/aromatic N) is 1. The lowest BCUT2D eigenvalue weighted by Gasteiger charge is -2.14. The minimum absolute atomic E-state index is 0.779. The molecule has 0 aliphatic rings. The second kappa shape index (κ2) is 7.44. The van der Waals surface area contributed by atoms with Gasteiger partial charge in [-0.25, -0.2) is 0 Å². The van der Waals surface area contributed by atoms with Crippen molar-refractivity contribution in [3.8, 4) is 27.9 Å². The Morgan fingerprint density at radius 1 is 0.469 bits per heavy atom. The first-order valence-electron chi connectivity index (χ1n) is 10.8. The number of hydrogen-bond donors (Lipinski definition) is 1. The van der Waals surface area contributed by atoms with Gasteiger partial charge in [-0.1, -0.05) is 91.0 Å². The molecule has 2 N–H and O–H groups in total. The molecule has 0 radical (unpaired) electrons. The number of para-hydroxylation sites is 2. The minimum atomic E-state index is 0.779. The van der Waals surface area contributed by atoms with Crippen LogP contribution in [0.4, 0.5) is 5.69 Å². The molecule has 0 saturated carbocycles. The predicted octanol–water partition coefficient (Wildman–Crippen LogP) is 7.70. The Kier molecular flexibility index (Phi) is 4.29. The number of aromatic nitrogens is 1. The maximum Gasteiger partial charge on any atom is 0.0562 e. The van der Waals surface area contributed by atoms with Crippen molar-refractivity contribution < 1.29 is 0 Å². The Morgan fingerprint density at radius 3 is 1.88 bits per heavy atom. The highest BCUT2D eigenvalue weighted by atomic mass is 15.0. The monoisotopic (exact) mass is 410 g/mol. The van der Waals surface area contributed by atoms with Crippen molar-refractivity contribution in [2.75, 3.05) is 5.73 Å². The fraction of sp³-hybridized carbons (Fsp3) is 0. The maximum atomic E-state index is 6.72. The first kappa shape index (κ1) is 18.5. The van der Waals surface area contributed by atoms with E-state index in [1.165, 1.54) is 27.4 Å². The number of benzene rings is 5. The van der Waals surface area contributed by atoms with Gasteiger partial charge in [-0.2, -0.15) is 0 Å². The van der Waals surface area contributed by atoms with Crippen LogP contribution in [-0.4, -0.2) is 4.57 Å². The predicted molar refractivity (Wildman–Crippen MR) is 136 cm³/mol. The van der Waals surface area contributed by atoms with E-state index in [4.69, 9.17) is 5.73 Å². The van der Waals surface area contributed by atoms with Crippen molar-refractivity contribution in [3.05, 3.63) is 121 Å². The summed E-state index contributed by atoms with van der Waals surface area (Å²) in [4.78, 5) is 0. The van der Waals surface area contributed by atoms with E-state index in [9.17, 15) is 0 Å². The van der Waals surface area contributed by atoms with Crippen LogP contribution in [0.3, 0.4) is 0 Å².